The number of carbonyl (C=O) groups is 1. The first-order valence-corrected chi connectivity index (χ1v) is 9.61. The molecule has 0 spiro atoms. The van der Waals surface area contributed by atoms with Crippen LogP contribution in [0.4, 0.5) is 5.69 Å². The van der Waals surface area contributed by atoms with Crippen molar-refractivity contribution < 1.29 is 60.8 Å². The van der Waals surface area contributed by atoms with Gasteiger partial charge in [-0.25, -0.2) is 0 Å². The molecule has 0 fully saturated rings. The number of aliphatic imine (C=N–C) groups is 1. The molecule has 0 aliphatic carbocycles. The van der Waals surface area contributed by atoms with E-state index in [-0.39, 0.29) is 63.3 Å². The standard InChI is InChI=1S/C22H27N6O.K/c1-15(2)21-12-20(26-28(21)5)22(29)25-18-8-6-7-17(11-18)16(3)23-9-10-24-19-13-27(4)14-19;/h6-8,10-16,23H,1-5H3,(H,25,29);/q-1;+1. The Hall–Kier alpha value is -1.71. The van der Waals surface area contributed by atoms with Gasteiger partial charge in [0, 0.05) is 24.5 Å². The largest absolute Gasteiger partial charge is 1.00 e. The summed E-state index contributed by atoms with van der Waals surface area (Å²) in [5.41, 5.74) is 4.11. The third-order valence-electron chi connectivity index (χ3n) is 4.63. The van der Waals surface area contributed by atoms with Crippen LogP contribution in [0, 0.1) is 12.7 Å². The van der Waals surface area contributed by atoms with E-state index in [9.17, 15) is 4.79 Å². The summed E-state index contributed by atoms with van der Waals surface area (Å²) in [6.45, 7) is 8.11. The molecule has 8 heteroatoms. The average Bonchev–Trinajstić information content (AvgIpc) is 3.05. The van der Waals surface area contributed by atoms with Crippen LogP contribution in [0.25, 0.3) is 0 Å². The number of hydrogen-bond donors (Lipinski definition) is 2. The molecule has 1 aliphatic rings. The van der Waals surface area contributed by atoms with E-state index in [4.69, 9.17) is 0 Å². The molecule has 1 atom stereocenters. The van der Waals surface area contributed by atoms with E-state index >= 15 is 0 Å². The van der Waals surface area contributed by atoms with Crippen LogP contribution < -0.4 is 62.0 Å². The molecule has 30 heavy (non-hydrogen) atoms. The van der Waals surface area contributed by atoms with Crippen molar-refractivity contribution >= 4 is 23.5 Å². The first kappa shape index (κ1) is 24.6. The molecular weight excluding hydrogens is 403 g/mol. The summed E-state index contributed by atoms with van der Waals surface area (Å²) >= 11 is 0. The molecule has 0 saturated heterocycles. The molecule has 2 aromatic rings. The molecule has 0 radical (unpaired) electrons. The van der Waals surface area contributed by atoms with Crippen molar-refractivity contribution in [2.24, 2.45) is 12.0 Å². The van der Waals surface area contributed by atoms with E-state index in [2.05, 4.69) is 40.8 Å². The van der Waals surface area contributed by atoms with Crippen molar-refractivity contribution in [3.8, 4) is 0 Å². The zero-order chi connectivity index (χ0) is 21.0. The quantitative estimate of drug-likeness (QED) is 0.282. The summed E-state index contributed by atoms with van der Waals surface area (Å²) in [6, 6.07) is 9.58. The Morgan fingerprint density at radius 2 is 2.07 bits per heavy atom. The Labute approximate surface area is 220 Å². The van der Waals surface area contributed by atoms with Crippen LogP contribution in [0.15, 0.2) is 41.5 Å². The molecular formula is C22H27KN6O. The molecule has 3 rings (SSSR count). The number of anilines is 1. The summed E-state index contributed by atoms with van der Waals surface area (Å²) in [7, 11) is 3.81. The first-order chi connectivity index (χ1) is 13.8. The van der Waals surface area contributed by atoms with E-state index in [0.29, 0.717) is 11.6 Å². The maximum atomic E-state index is 12.6. The maximum absolute atomic E-state index is 12.6. The number of nitrogens with one attached hydrogen (secondary N) is 2. The van der Waals surface area contributed by atoms with E-state index in [1.807, 2.05) is 68.7 Å². The van der Waals surface area contributed by atoms with Gasteiger partial charge in [0.15, 0.2) is 5.69 Å². The van der Waals surface area contributed by atoms with Crippen LogP contribution in [0.2, 0.25) is 0 Å². The number of amides is 1. The molecule has 1 aromatic carbocycles. The molecule has 152 valence electrons. The van der Waals surface area contributed by atoms with Gasteiger partial charge in [-0.2, -0.15) is 5.10 Å². The van der Waals surface area contributed by atoms with Gasteiger partial charge in [-0.3, -0.25) is 9.48 Å². The van der Waals surface area contributed by atoms with Crippen molar-refractivity contribution in [2.75, 3.05) is 12.4 Å². The number of aromatic nitrogens is 2. The second kappa shape index (κ2) is 11.1. The number of rotatable bonds is 7. The molecule has 1 aromatic heterocycles. The van der Waals surface area contributed by atoms with Gasteiger partial charge >= 0.3 is 51.4 Å². The molecule has 0 bridgehead atoms. The average molecular weight is 431 g/mol. The molecule has 1 aliphatic heterocycles. The topological polar surface area (TPSA) is 74.3 Å². The van der Waals surface area contributed by atoms with E-state index in [1.54, 1.807) is 10.9 Å². The zero-order valence-corrected chi connectivity index (χ0v) is 21.6. The summed E-state index contributed by atoms with van der Waals surface area (Å²) in [4.78, 5) is 16.8. The van der Waals surface area contributed by atoms with E-state index in [0.717, 1.165) is 22.7 Å². The molecule has 1 unspecified atom stereocenters. The van der Waals surface area contributed by atoms with Gasteiger partial charge in [0.25, 0.3) is 5.91 Å². The fourth-order valence-electron chi connectivity index (χ4n) is 3.04. The molecule has 2 heterocycles. The minimum absolute atomic E-state index is 0. The zero-order valence-electron chi connectivity index (χ0n) is 18.5. The third-order valence-corrected chi connectivity index (χ3v) is 4.63. The molecule has 7 nitrogen and oxygen atoms in total. The van der Waals surface area contributed by atoms with Gasteiger partial charge in [0.1, 0.15) is 7.05 Å². The van der Waals surface area contributed by atoms with Crippen LogP contribution in [-0.4, -0.2) is 39.2 Å². The Morgan fingerprint density at radius 1 is 1.33 bits per heavy atom. The number of aryl methyl sites for hydroxylation is 1. The Bertz CT molecular complexity index is 989. The van der Waals surface area contributed by atoms with Crippen molar-refractivity contribution in [1.29, 1.82) is 0 Å². The van der Waals surface area contributed by atoms with Crippen molar-refractivity contribution in [3.63, 3.8) is 0 Å². The Morgan fingerprint density at radius 3 is 2.70 bits per heavy atom. The predicted octanol–water partition coefficient (Wildman–Crippen LogP) is 0.0543. The fraction of sp³-hybridized carbons (Fsp3) is 0.318. The second-order valence-electron chi connectivity index (χ2n) is 7.43. The SMILES string of the molecule is CC(C)c1cc(C(=O)Nc2cccc(C(C)N[C-]=CN=C3C=[N+](C)[CH-]3)c2)nn1C.[K+]. The Balaban J connectivity index is 0.00000320. The van der Waals surface area contributed by atoms with E-state index in [1.165, 1.54) is 0 Å². The summed E-state index contributed by atoms with van der Waals surface area (Å²) in [5.74, 6) is 0.0882. The van der Waals surface area contributed by atoms with Gasteiger partial charge in [-0.15, -0.1) is 6.20 Å². The first-order valence-electron chi connectivity index (χ1n) is 9.61. The van der Waals surface area contributed by atoms with Gasteiger partial charge < -0.3 is 26.4 Å². The van der Waals surface area contributed by atoms with E-state index < -0.39 is 0 Å². The molecule has 0 saturated carbocycles. The van der Waals surface area contributed by atoms with Gasteiger partial charge in [0.05, 0.1) is 18.5 Å². The van der Waals surface area contributed by atoms with Gasteiger partial charge in [-0.05, 0) is 36.6 Å². The van der Waals surface area contributed by atoms with Crippen molar-refractivity contribution in [2.45, 2.75) is 32.7 Å². The van der Waals surface area contributed by atoms with Crippen LogP contribution in [-0.2, 0) is 7.05 Å². The summed E-state index contributed by atoms with van der Waals surface area (Å²) in [5, 5.41) is 10.4. The second-order valence-corrected chi connectivity index (χ2v) is 7.43. The maximum Gasteiger partial charge on any atom is 1.00 e. The van der Waals surface area contributed by atoms with Crippen LogP contribution in [0.3, 0.4) is 0 Å². The van der Waals surface area contributed by atoms with Gasteiger partial charge in [-0.1, -0.05) is 26.0 Å². The third kappa shape index (κ3) is 6.39. The van der Waals surface area contributed by atoms with Crippen molar-refractivity contribution in [1.82, 2.24) is 15.1 Å². The molecule has 2 N–H and O–H groups in total. The van der Waals surface area contributed by atoms with Gasteiger partial charge in [0.2, 0.25) is 0 Å². The number of nitrogens with zero attached hydrogens (tertiary/aromatic N) is 4. The predicted molar refractivity (Wildman–Crippen MR) is 115 cm³/mol. The Kier molecular flexibility index (Phi) is 9.05. The monoisotopic (exact) mass is 430 g/mol. The number of benzene rings is 1. The summed E-state index contributed by atoms with van der Waals surface area (Å²) < 4.78 is 3.70. The van der Waals surface area contributed by atoms with Crippen LogP contribution in [0.1, 0.15) is 54.5 Å². The number of carbonyl (C=O) groups excluding carboxylic acids is 1. The normalized spacial score (nSPS) is 15.3. The minimum atomic E-state index is -0.217. The molecule has 1 amide bonds. The summed E-state index contributed by atoms with van der Waals surface area (Å²) in [6.07, 6.45) is 6.53. The fourth-order valence-corrected chi connectivity index (χ4v) is 3.04. The van der Waals surface area contributed by atoms with Crippen LogP contribution in [0.5, 0.6) is 0 Å². The number of hydrogen-bond acceptors (Lipinski definition) is 4. The smallest absolute Gasteiger partial charge is 0.560 e. The minimum Gasteiger partial charge on any atom is -0.560 e. The van der Waals surface area contributed by atoms with Crippen LogP contribution >= 0.6 is 0 Å². The van der Waals surface area contributed by atoms with Crippen molar-refractivity contribution in [3.05, 3.63) is 66.2 Å².